The second-order valence-corrected chi connectivity index (χ2v) is 5.89. The number of hydrogen-bond donors (Lipinski definition) is 1. The standard InChI is InChI=1S/C14H22BrN/c1-10(2)8-11(3)16-12(4)13-6-5-7-14(15)9-13/h5-7,9-12,16H,8H2,1-4H3. The minimum atomic E-state index is 0.409. The number of hydrogen-bond acceptors (Lipinski definition) is 1. The molecule has 0 spiro atoms. The van der Waals surface area contributed by atoms with Crippen molar-refractivity contribution in [2.45, 2.75) is 46.2 Å². The molecular formula is C14H22BrN. The van der Waals surface area contributed by atoms with Gasteiger partial charge in [0.2, 0.25) is 0 Å². The Morgan fingerprint density at radius 2 is 1.88 bits per heavy atom. The average Bonchev–Trinajstić information content (AvgIpc) is 2.16. The van der Waals surface area contributed by atoms with E-state index < -0.39 is 0 Å². The van der Waals surface area contributed by atoms with Crippen molar-refractivity contribution in [3.8, 4) is 0 Å². The van der Waals surface area contributed by atoms with Gasteiger partial charge in [0.15, 0.2) is 0 Å². The zero-order chi connectivity index (χ0) is 12.1. The largest absolute Gasteiger partial charge is 0.308 e. The lowest BCUT2D eigenvalue weighted by Gasteiger charge is -2.22. The summed E-state index contributed by atoms with van der Waals surface area (Å²) in [5, 5.41) is 3.63. The molecule has 1 aromatic rings. The van der Waals surface area contributed by atoms with Crippen molar-refractivity contribution < 1.29 is 0 Å². The van der Waals surface area contributed by atoms with Gasteiger partial charge in [-0.3, -0.25) is 0 Å². The molecule has 0 saturated heterocycles. The van der Waals surface area contributed by atoms with Crippen LogP contribution in [0.4, 0.5) is 0 Å². The van der Waals surface area contributed by atoms with E-state index in [-0.39, 0.29) is 0 Å². The Hall–Kier alpha value is -0.340. The maximum Gasteiger partial charge on any atom is 0.0294 e. The summed E-state index contributed by atoms with van der Waals surface area (Å²) >= 11 is 3.51. The molecule has 0 heterocycles. The summed E-state index contributed by atoms with van der Waals surface area (Å²) in [5.74, 6) is 0.747. The van der Waals surface area contributed by atoms with Gasteiger partial charge in [-0.15, -0.1) is 0 Å². The lowest BCUT2D eigenvalue weighted by molar-refractivity contribution is 0.407. The van der Waals surface area contributed by atoms with Crippen LogP contribution >= 0.6 is 15.9 Å². The van der Waals surface area contributed by atoms with Crippen LogP contribution in [0.25, 0.3) is 0 Å². The Morgan fingerprint density at radius 1 is 1.19 bits per heavy atom. The molecule has 1 rings (SSSR count). The van der Waals surface area contributed by atoms with Gasteiger partial charge in [0, 0.05) is 16.6 Å². The Morgan fingerprint density at radius 3 is 2.44 bits per heavy atom. The summed E-state index contributed by atoms with van der Waals surface area (Å²) in [7, 11) is 0. The molecule has 0 fully saturated rings. The van der Waals surface area contributed by atoms with Gasteiger partial charge < -0.3 is 5.32 Å². The first-order chi connectivity index (χ1) is 7.49. The fourth-order valence-corrected chi connectivity index (χ4v) is 2.49. The average molecular weight is 284 g/mol. The van der Waals surface area contributed by atoms with Crippen molar-refractivity contribution in [2.75, 3.05) is 0 Å². The minimum absolute atomic E-state index is 0.409. The molecule has 0 saturated carbocycles. The predicted octanol–water partition coefficient (Wildman–Crippen LogP) is 4.53. The van der Waals surface area contributed by atoms with Gasteiger partial charge in [-0.1, -0.05) is 41.9 Å². The highest BCUT2D eigenvalue weighted by Crippen LogP contribution is 2.19. The molecule has 1 aromatic carbocycles. The third kappa shape index (κ3) is 4.67. The topological polar surface area (TPSA) is 12.0 Å². The van der Waals surface area contributed by atoms with Gasteiger partial charge in [0.05, 0.1) is 0 Å². The molecule has 0 bridgehead atoms. The first-order valence-corrected chi connectivity index (χ1v) is 6.80. The molecule has 2 atom stereocenters. The lowest BCUT2D eigenvalue weighted by atomic mass is 10.0. The summed E-state index contributed by atoms with van der Waals surface area (Å²) in [6.07, 6.45) is 1.22. The summed E-state index contributed by atoms with van der Waals surface area (Å²) in [4.78, 5) is 0. The smallest absolute Gasteiger partial charge is 0.0294 e. The van der Waals surface area contributed by atoms with E-state index in [2.05, 4.69) is 73.2 Å². The van der Waals surface area contributed by atoms with Crippen LogP contribution in [0.15, 0.2) is 28.7 Å². The van der Waals surface area contributed by atoms with Crippen molar-refractivity contribution in [1.29, 1.82) is 0 Å². The second kappa shape index (κ2) is 6.41. The monoisotopic (exact) mass is 283 g/mol. The van der Waals surface area contributed by atoms with Crippen molar-refractivity contribution in [3.05, 3.63) is 34.3 Å². The van der Waals surface area contributed by atoms with Crippen LogP contribution in [0.1, 0.15) is 45.7 Å². The molecule has 90 valence electrons. The Balaban J connectivity index is 2.55. The molecule has 0 aliphatic carbocycles. The molecule has 0 aromatic heterocycles. The Kier molecular flexibility index (Phi) is 5.50. The van der Waals surface area contributed by atoms with E-state index in [1.165, 1.54) is 12.0 Å². The summed E-state index contributed by atoms with van der Waals surface area (Å²) < 4.78 is 1.15. The maximum atomic E-state index is 3.63. The highest BCUT2D eigenvalue weighted by molar-refractivity contribution is 9.10. The van der Waals surface area contributed by atoms with E-state index in [0.717, 1.165) is 10.4 Å². The molecule has 16 heavy (non-hydrogen) atoms. The number of rotatable bonds is 5. The van der Waals surface area contributed by atoms with Crippen molar-refractivity contribution in [2.24, 2.45) is 5.92 Å². The van der Waals surface area contributed by atoms with Gasteiger partial charge in [-0.05, 0) is 43.9 Å². The maximum absolute atomic E-state index is 3.63. The van der Waals surface area contributed by atoms with E-state index >= 15 is 0 Å². The Labute approximate surface area is 108 Å². The first kappa shape index (κ1) is 13.7. The lowest BCUT2D eigenvalue weighted by Crippen LogP contribution is -2.30. The summed E-state index contributed by atoms with van der Waals surface area (Å²) in [6.45, 7) is 9.01. The fourth-order valence-electron chi connectivity index (χ4n) is 2.07. The second-order valence-electron chi connectivity index (χ2n) is 4.97. The molecule has 0 aliphatic heterocycles. The van der Waals surface area contributed by atoms with E-state index in [0.29, 0.717) is 12.1 Å². The van der Waals surface area contributed by atoms with Gasteiger partial charge in [0.1, 0.15) is 0 Å². The highest BCUT2D eigenvalue weighted by Gasteiger charge is 2.10. The van der Waals surface area contributed by atoms with Crippen LogP contribution in [0, 0.1) is 5.92 Å². The third-order valence-corrected chi connectivity index (χ3v) is 3.20. The molecule has 0 radical (unpaired) electrons. The van der Waals surface area contributed by atoms with Crippen molar-refractivity contribution in [3.63, 3.8) is 0 Å². The van der Waals surface area contributed by atoms with Crippen LogP contribution < -0.4 is 5.32 Å². The van der Waals surface area contributed by atoms with Gasteiger partial charge in [-0.25, -0.2) is 0 Å². The fraction of sp³-hybridized carbons (Fsp3) is 0.571. The predicted molar refractivity (Wildman–Crippen MR) is 74.6 cm³/mol. The number of nitrogens with one attached hydrogen (secondary N) is 1. The minimum Gasteiger partial charge on any atom is -0.308 e. The number of benzene rings is 1. The molecule has 2 heteroatoms. The van der Waals surface area contributed by atoms with Gasteiger partial charge in [0.25, 0.3) is 0 Å². The van der Waals surface area contributed by atoms with Crippen LogP contribution in [0.5, 0.6) is 0 Å². The zero-order valence-electron chi connectivity index (χ0n) is 10.6. The molecule has 1 nitrogen and oxygen atoms in total. The molecular weight excluding hydrogens is 262 g/mol. The van der Waals surface area contributed by atoms with Gasteiger partial charge >= 0.3 is 0 Å². The van der Waals surface area contributed by atoms with E-state index in [1.807, 2.05) is 0 Å². The molecule has 0 aliphatic rings. The Bertz CT molecular complexity index is 322. The first-order valence-electron chi connectivity index (χ1n) is 6.00. The summed E-state index contributed by atoms with van der Waals surface area (Å²) in [6, 6.07) is 9.48. The molecule has 2 unspecified atom stereocenters. The van der Waals surface area contributed by atoms with Gasteiger partial charge in [-0.2, -0.15) is 0 Å². The number of halogens is 1. The molecule has 0 amide bonds. The summed E-state index contributed by atoms with van der Waals surface area (Å²) in [5.41, 5.74) is 1.34. The highest BCUT2D eigenvalue weighted by atomic mass is 79.9. The van der Waals surface area contributed by atoms with Crippen LogP contribution in [-0.4, -0.2) is 6.04 Å². The van der Waals surface area contributed by atoms with Crippen LogP contribution in [-0.2, 0) is 0 Å². The molecule has 1 N–H and O–H groups in total. The zero-order valence-corrected chi connectivity index (χ0v) is 12.2. The van der Waals surface area contributed by atoms with Crippen LogP contribution in [0.3, 0.4) is 0 Å². The van der Waals surface area contributed by atoms with Crippen molar-refractivity contribution >= 4 is 15.9 Å². The quantitative estimate of drug-likeness (QED) is 0.837. The van der Waals surface area contributed by atoms with E-state index in [4.69, 9.17) is 0 Å². The van der Waals surface area contributed by atoms with E-state index in [9.17, 15) is 0 Å². The van der Waals surface area contributed by atoms with Crippen LogP contribution in [0.2, 0.25) is 0 Å². The van der Waals surface area contributed by atoms with E-state index in [1.54, 1.807) is 0 Å². The SMILES string of the molecule is CC(C)CC(C)NC(C)c1cccc(Br)c1. The van der Waals surface area contributed by atoms with Crippen molar-refractivity contribution in [1.82, 2.24) is 5.32 Å². The third-order valence-electron chi connectivity index (χ3n) is 2.71. The normalized spacial score (nSPS) is 15.1.